The topological polar surface area (TPSA) is 205 Å². The van der Waals surface area contributed by atoms with Crippen LogP contribution in [-0.2, 0) is 24.3 Å². The van der Waals surface area contributed by atoms with Crippen molar-refractivity contribution in [3.63, 3.8) is 0 Å². The highest BCUT2D eigenvalue weighted by atomic mass is 79.9. The number of carboxylic acids is 2. The van der Waals surface area contributed by atoms with E-state index in [1.165, 1.54) is 32.8 Å². The van der Waals surface area contributed by atoms with Crippen molar-refractivity contribution >= 4 is 43.8 Å². The highest BCUT2D eigenvalue weighted by molar-refractivity contribution is 9.10. The van der Waals surface area contributed by atoms with Gasteiger partial charge in [0, 0.05) is 35.7 Å². The number of rotatable bonds is 10. The number of aliphatic carboxylic acids is 2. The summed E-state index contributed by atoms with van der Waals surface area (Å²) in [4.78, 5) is 26.4. The van der Waals surface area contributed by atoms with E-state index in [1.807, 2.05) is 13.0 Å². The summed E-state index contributed by atoms with van der Waals surface area (Å²) in [5, 5.41) is 21.7. The van der Waals surface area contributed by atoms with Gasteiger partial charge in [0.25, 0.3) is 0 Å². The van der Waals surface area contributed by atoms with Crippen LogP contribution in [-0.4, -0.2) is 94.2 Å². The van der Waals surface area contributed by atoms with E-state index in [-0.39, 0.29) is 5.95 Å². The molecule has 284 valence electrons. The highest BCUT2D eigenvalue weighted by Crippen LogP contribution is 2.38. The summed E-state index contributed by atoms with van der Waals surface area (Å²) >= 11 is 3.34. The van der Waals surface area contributed by atoms with Crippen LogP contribution in [0.25, 0.3) is 17.1 Å². The normalized spacial score (nSPS) is 12.6. The first-order valence-corrected chi connectivity index (χ1v) is 16.3. The Labute approximate surface area is 299 Å². The molecule has 0 unspecified atom stereocenters. The fraction of sp³-hybridized carbons (Fsp3) is 0.310. The van der Waals surface area contributed by atoms with Crippen LogP contribution in [0.3, 0.4) is 0 Å². The lowest BCUT2D eigenvalue weighted by Gasteiger charge is -2.23. The number of hydrogen-bond donors (Lipinski definition) is 3. The lowest BCUT2D eigenvalue weighted by molar-refractivity contribution is -0.193. The second-order valence-corrected chi connectivity index (χ2v) is 12.9. The van der Waals surface area contributed by atoms with E-state index in [0.717, 1.165) is 10.0 Å². The largest absolute Gasteiger partial charge is 0.494 e. The first kappa shape index (κ1) is 43.1. The number of aromatic nitrogens is 5. The molecular weight excluding hydrogens is 802 g/mol. The molecule has 3 heterocycles. The number of carboxylic acid groups (broad SMARTS) is 2. The molecule has 0 aliphatic carbocycles. The number of hydrogen-bond acceptors (Lipinski definition) is 11. The van der Waals surface area contributed by atoms with E-state index in [4.69, 9.17) is 34.0 Å². The zero-order valence-corrected chi connectivity index (χ0v) is 29.8. The predicted octanol–water partition coefficient (Wildman–Crippen LogP) is 5.60. The maximum Gasteiger partial charge on any atom is 0.490 e. The third kappa shape index (κ3) is 11.5. The van der Waals surface area contributed by atoms with Gasteiger partial charge in [-0.25, -0.2) is 18.0 Å². The summed E-state index contributed by atoms with van der Waals surface area (Å²) in [6.45, 7) is 3.43. The van der Waals surface area contributed by atoms with Crippen molar-refractivity contribution in [3.8, 4) is 28.6 Å². The molecule has 52 heavy (non-hydrogen) atoms. The van der Waals surface area contributed by atoms with E-state index in [9.17, 15) is 34.8 Å². The van der Waals surface area contributed by atoms with E-state index >= 15 is 0 Å². The number of halogens is 7. The number of methoxy groups -OCH3 is 3. The third-order valence-corrected chi connectivity index (χ3v) is 8.51. The Hall–Kier alpha value is -5.03. The number of sulfonamides is 1. The summed E-state index contributed by atoms with van der Waals surface area (Å²) in [6.07, 6.45) is -6.10. The van der Waals surface area contributed by atoms with Crippen molar-refractivity contribution in [2.45, 2.75) is 37.6 Å². The Bertz CT molecular complexity index is 1900. The molecule has 3 aromatic heterocycles. The fourth-order valence-corrected chi connectivity index (χ4v) is 5.35. The first-order chi connectivity index (χ1) is 24.1. The van der Waals surface area contributed by atoms with Crippen molar-refractivity contribution in [2.75, 3.05) is 26.1 Å². The van der Waals surface area contributed by atoms with Gasteiger partial charge in [-0.05, 0) is 65.7 Å². The number of nitrogens with zero attached hydrogens (tertiary/aromatic N) is 5. The third-order valence-electron chi connectivity index (χ3n) is 6.35. The second kappa shape index (κ2) is 17.9. The number of pyridine rings is 2. The Balaban J connectivity index is 0.000000564. The van der Waals surface area contributed by atoms with Gasteiger partial charge in [-0.15, -0.1) is 10.2 Å². The Morgan fingerprint density at radius 3 is 1.87 bits per heavy atom. The SMILES string of the molecule is COc1cccc(OC)c1-n1c(NS(=O)(=O)[C@@H](C)[C@H](OC)c2ccc(Br)cn2)nnc1-c1cncc(C)c1.O=C(O)C(F)(F)F.O=C(O)C(F)(F)F. The van der Waals surface area contributed by atoms with Crippen molar-refractivity contribution < 1.29 is 68.8 Å². The molecule has 1 aromatic carbocycles. The summed E-state index contributed by atoms with van der Waals surface area (Å²) in [5.41, 5.74) is 2.40. The molecule has 15 nitrogen and oxygen atoms in total. The van der Waals surface area contributed by atoms with Crippen LogP contribution >= 0.6 is 15.9 Å². The number of benzene rings is 1. The molecular formula is C29H29BrF6N6O9S. The van der Waals surface area contributed by atoms with Crippen LogP contribution in [0.2, 0.25) is 0 Å². The number of para-hydroxylation sites is 1. The molecule has 0 aliphatic rings. The van der Waals surface area contributed by atoms with Gasteiger partial charge in [-0.1, -0.05) is 6.07 Å². The van der Waals surface area contributed by atoms with Crippen LogP contribution in [0.15, 0.2) is 59.5 Å². The van der Waals surface area contributed by atoms with Crippen LogP contribution in [0.5, 0.6) is 11.5 Å². The number of ether oxygens (including phenoxy) is 3. The number of aryl methyl sites for hydroxylation is 1. The molecule has 0 amide bonds. The van der Waals surface area contributed by atoms with E-state index in [2.05, 4.69) is 40.8 Å². The molecule has 0 saturated heterocycles. The van der Waals surface area contributed by atoms with Crippen molar-refractivity contribution in [1.29, 1.82) is 0 Å². The van der Waals surface area contributed by atoms with Gasteiger partial charge in [0.2, 0.25) is 16.0 Å². The molecule has 0 bridgehead atoms. The Kier molecular flexibility index (Phi) is 14.9. The molecule has 3 N–H and O–H groups in total. The zero-order chi connectivity index (χ0) is 39.6. The first-order valence-electron chi connectivity index (χ1n) is 13.9. The van der Waals surface area contributed by atoms with Crippen LogP contribution in [0.4, 0.5) is 32.3 Å². The lowest BCUT2D eigenvalue weighted by Crippen LogP contribution is -2.33. The van der Waals surface area contributed by atoms with Gasteiger partial charge in [0.15, 0.2) is 5.82 Å². The van der Waals surface area contributed by atoms with Crippen LogP contribution < -0.4 is 14.2 Å². The molecule has 2 atom stereocenters. The minimum absolute atomic E-state index is 0.0604. The summed E-state index contributed by atoms with van der Waals surface area (Å²) in [5.74, 6) is -4.39. The number of alkyl halides is 6. The highest BCUT2D eigenvalue weighted by Gasteiger charge is 2.39. The van der Waals surface area contributed by atoms with Gasteiger partial charge in [-0.3, -0.25) is 19.3 Å². The number of carbonyl (C=O) groups is 2. The summed E-state index contributed by atoms with van der Waals surface area (Å²) in [6, 6.07) is 10.6. The quantitative estimate of drug-likeness (QED) is 0.167. The maximum atomic E-state index is 13.6. The monoisotopic (exact) mass is 830 g/mol. The van der Waals surface area contributed by atoms with E-state index in [0.29, 0.717) is 34.3 Å². The average Bonchev–Trinajstić information content (AvgIpc) is 3.47. The minimum atomic E-state index is -5.08. The standard InChI is InChI=1S/C25H27BrN6O5S.2C2HF3O2/c1-15-11-17(13-27-12-15)24-29-30-25(32(24)22-20(35-3)7-6-8-21(22)36-4)31-38(33,34)16(2)23(37-5)19-10-9-18(26)14-28-19;2*3-2(4,5)1(6)7/h6-14,16,23H,1-5H3,(H,30,31);2*(H,6,7)/t16-,23-;;/m0../s1. The predicted molar refractivity (Wildman–Crippen MR) is 174 cm³/mol. The molecule has 4 aromatic rings. The fourth-order valence-electron chi connectivity index (χ4n) is 3.97. The van der Waals surface area contributed by atoms with Gasteiger partial charge in [0.1, 0.15) is 28.5 Å². The molecule has 0 radical (unpaired) electrons. The molecule has 0 fully saturated rings. The number of nitrogens with one attached hydrogen (secondary N) is 1. The van der Waals surface area contributed by atoms with E-state index < -0.39 is 45.7 Å². The van der Waals surface area contributed by atoms with Gasteiger partial charge in [-0.2, -0.15) is 26.3 Å². The summed E-state index contributed by atoms with van der Waals surface area (Å²) in [7, 11) is 0.381. The molecule has 0 saturated carbocycles. The van der Waals surface area contributed by atoms with Crippen LogP contribution in [0, 0.1) is 6.92 Å². The molecule has 0 spiro atoms. The van der Waals surface area contributed by atoms with Crippen LogP contribution in [0.1, 0.15) is 24.3 Å². The summed E-state index contributed by atoms with van der Waals surface area (Å²) < 4.78 is 112. The van der Waals surface area contributed by atoms with Crippen molar-refractivity contribution in [1.82, 2.24) is 24.7 Å². The van der Waals surface area contributed by atoms with Crippen molar-refractivity contribution in [2.24, 2.45) is 0 Å². The van der Waals surface area contributed by atoms with Gasteiger partial charge >= 0.3 is 24.3 Å². The minimum Gasteiger partial charge on any atom is -0.494 e. The Morgan fingerprint density at radius 2 is 1.44 bits per heavy atom. The maximum absolute atomic E-state index is 13.6. The lowest BCUT2D eigenvalue weighted by atomic mass is 10.2. The number of anilines is 1. The second-order valence-electron chi connectivity index (χ2n) is 9.96. The average molecular weight is 832 g/mol. The molecule has 0 aliphatic heterocycles. The smallest absolute Gasteiger partial charge is 0.490 e. The van der Waals surface area contributed by atoms with Gasteiger partial charge in [0.05, 0.1) is 19.9 Å². The zero-order valence-electron chi connectivity index (χ0n) is 27.4. The van der Waals surface area contributed by atoms with E-state index in [1.54, 1.807) is 48.9 Å². The van der Waals surface area contributed by atoms with Crippen molar-refractivity contribution in [3.05, 3.63) is 70.7 Å². The van der Waals surface area contributed by atoms with Gasteiger partial charge < -0.3 is 24.4 Å². The Morgan fingerprint density at radius 1 is 0.904 bits per heavy atom. The molecule has 23 heteroatoms. The molecule has 4 rings (SSSR count).